The average molecular weight is 273 g/mol. The summed E-state index contributed by atoms with van der Waals surface area (Å²) >= 11 is 0. The van der Waals surface area contributed by atoms with Crippen LogP contribution in [0.3, 0.4) is 0 Å². The summed E-state index contributed by atoms with van der Waals surface area (Å²) < 4.78 is 11.3. The number of furan rings is 1. The SMILES string of the molecule is CCCc1ccc(OCc2ccoc2CNCC)cc1. The van der Waals surface area contributed by atoms with E-state index in [1.54, 1.807) is 6.26 Å². The Morgan fingerprint density at radius 1 is 1.10 bits per heavy atom. The summed E-state index contributed by atoms with van der Waals surface area (Å²) in [6.45, 7) is 6.49. The van der Waals surface area contributed by atoms with Crippen molar-refractivity contribution in [2.75, 3.05) is 6.54 Å². The normalized spacial score (nSPS) is 10.7. The van der Waals surface area contributed by atoms with E-state index in [2.05, 4.69) is 31.3 Å². The maximum Gasteiger partial charge on any atom is 0.124 e. The zero-order valence-corrected chi connectivity index (χ0v) is 12.3. The zero-order valence-electron chi connectivity index (χ0n) is 12.3. The van der Waals surface area contributed by atoms with Crippen LogP contribution in [0.25, 0.3) is 0 Å². The smallest absolute Gasteiger partial charge is 0.124 e. The topological polar surface area (TPSA) is 34.4 Å². The van der Waals surface area contributed by atoms with E-state index in [4.69, 9.17) is 9.15 Å². The van der Waals surface area contributed by atoms with Gasteiger partial charge in [-0.1, -0.05) is 32.4 Å². The standard InChI is InChI=1S/C17H23NO2/c1-3-5-14-6-8-16(9-7-14)20-13-15-10-11-19-17(15)12-18-4-2/h6-11,18H,3-5,12-13H2,1-2H3. The van der Waals surface area contributed by atoms with E-state index in [1.165, 1.54) is 12.0 Å². The van der Waals surface area contributed by atoms with E-state index in [0.717, 1.165) is 36.6 Å². The molecular formula is C17H23NO2. The van der Waals surface area contributed by atoms with Crippen molar-refractivity contribution in [3.05, 3.63) is 53.5 Å². The minimum atomic E-state index is 0.546. The second-order valence-corrected chi connectivity index (χ2v) is 4.83. The highest BCUT2D eigenvalue weighted by molar-refractivity contribution is 5.28. The van der Waals surface area contributed by atoms with E-state index in [0.29, 0.717) is 6.61 Å². The minimum absolute atomic E-state index is 0.546. The lowest BCUT2D eigenvalue weighted by Gasteiger charge is -2.07. The molecule has 108 valence electrons. The van der Waals surface area contributed by atoms with Crippen LogP contribution in [0, 0.1) is 0 Å². The predicted octanol–water partition coefficient (Wildman–Crippen LogP) is 3.92. The fourth-order valence-corrected chi connectivity index (χ4v) is 2.09. The van der Waals surface area contributed by atoms with Crippen LogP contribution in [0.15, 0.2) is 41.0 Å². The molecular weight excluding hydrogens is 250 g/mol. The number of nitrogens with one attached hydrogen (secondary N) is 1. The van der Waals surface area contributed by atoms with E-state index in [9.17, 15) is 0 Å². The first-order valence-electron chi connectivity index (χ1n) is 7.31. The van der Waals surface area contributed by atoms with Crippen LogP contribution in [-0.4, -0.2) is 6.54 Å². The zero-order chi connectivity index (χ0) is 14.2. The van der Waals surface area contributed by atoms with Gasteiger partial charge in [0.1, 0.15) is 18.1 Å². The number of hydrogen-bond donors (Lipinski definition) is 1. The molecule has 2 rings (SSSR count). The van der Waals surface area contributed by atoms with Crippen molar-refractivity contribution in [1.29, 1.82) is 0 Å². The van der Waals surface area contributed by atoms with E-state index in [1.807, 2.05) is 18.2 Å². The van der Waals surface area contributed by atoms with Gasteiger partial charge in [0, 0.05) is 5.56 Å². The van der Waals surface area contributed by atoms with Crippen molar-refractivity contribution in [2.45, 2.75) is 39.8 Å². The van der Waals surface area contributed by atoms with Gasteiger partial charge in [-0.05, 0) is 36.7 Å². The fraction of sp³-hybridized carbons (Fsp3) is 0.412. The maximum absolute atomic E-state index is 5.82. The third-order valence-electron chi connectivity index (χ3n) is 3.23. The summed E-state index contributed by atoms with van der Waals surface area (Å²) in [5.41, 5.74) is 2.46. The molecule has 3 nitrogen and oxygen atoms in total. The Kier molecular flexibility index (Phi) is 5.69. The van der Waals surface area contributed by atoms with Crippen LogP contribution >= 0.6 is 0 Å². The van der Waals surface area contributed by atoms with Gasteiger partial charge in [-0.3, -0.25) is 0 Å². The van der Waals surface area contributed by atoms with Gasteiger partial charge in [-0.2, -0.15) is 0 Å². The molecule has 0 aliphatic heterocycles. The number of rotatable bonds is 8. The lowest BCUT2D eigenvalue weighted by Crippen LogP contribution is -2.12. The molecule has 0 fully saturated rings. The van der Waals surface area contributed by atoms with E-state index >= 15 is 0 Å². The summed E-state index contributed by atoms with van der Waals surface area (Å²) in [6.07, 6.45) is 4.01. The summed E-state index contributed by atoms with van der Waals surface area (Å²) in [6, 6.07) is 10.3. The average Bonchev–Trinajstić information content (AvgIpc) is 2.92. The molecule has 1 aromatic heterocycles. The number of benzene rings is 1. The quantitative estimate of drug-likeness (QED) is 0.791. The van der Waals surface area contributed by atoms with Crippen LogP contribution in [0.2, 0.25) is 0 Å². The van der Waals surface area contributed by atoms with Crippen LogP contribution in [-0.2, 0) is 19.6 Å². The second-order valence-electron chi connectivity index (χ2n) is 4.83. The van der Waals surface area contributed by atoms with Gasteiger partial charge in [0.05, 0.1) is 12.8 Å². The highest BCUT2D eigenvalue weighted by atomic mass is 16.5. The first-order chi connectivity index (χ1) is 9.83. The number of ether oxygens (including phenoxy) is 1. The number of aryl methyl sites for hydroxylation is 1. The van der Waals surface area contributed by atoms with Gasteiger partial charge in [0.15, 0.2) is 0 Å². The highest BCUT2D eigenvalue weighted by Gasteiger charge is 2.06. The third-order valence-corrected chi connectivity index (χ3v) is 3.23. The first kappa shape index (κ1) is 14.7. The molecule has 1 N–H and O–H groups in total. The van der Waals surface area contributed by atoms with Gasteiger partial charge in [0.25, 0.3) is 0 Å². The maximum atomic E-state index is 5.82. The van der Waals surface area contributed by atoms with Gasteiger partial charge >= 0.3 is 0 Å². The van der Waals surface area contributed by atoms with E-state index in [-0.39, 0.29) is 0 Å². The minimum Gasteiger partial charge on any atom is -0.489 e. The molecule has 0 spiro atoms. The van der Waals surface area contributed by atoms with Gasteiger partial charge in [-0.15, -0.1) is 0 Å². The summed E-state index contributed by atoms with van der Waals surface area (Å²) in [7, 11) is 0. The van der Waals surface area contributed by atoms with Crippen molar-refractivity contribution in [3.63, 3.8) is 0 Å². The molecule has 3 heteroatoms. The molecule has 0 bridgehead atoms. The second kappa shape index (κ2) is 7.75. The Bertz CT molecular complexity index is 502. The highest BCUT2D eigenvalue weighted by Crippen LogP contribution is 2.17. The van der Waals surface area contributed by atoms with Gasteiger partial charge in [0.2, 0.25) is 0 Å². The Balaban J connectivity index is 1.89. The van der Waals surface area contributed by atoms with Crippen molar-refractivity contribution in [3.8, 4) is 5.75 Å². The van der Waals surface area contributed by atoms with Crippen molar-refractivity contribution in [1.82, 2.24) is 5.32 Å². The Hall–Kier alpha value is -1.74. The molecule has 20 heavy (non-hydrogen) atoms. The van der Waals surface area contributed by atoms with Crippen LogP contribution in [0.1, 0.15) is 37.2 Å². The Labute approximate surface area is 121 Å². The van der Waals surface area contributed by atoms with Crippen LogP contribution in [0.4, 0.5) is 0 Å². The molecule has 1 heterocycles. The molecule has 0 saturated carbocycles. The monoisotopic (exact) mass is 273 g/mol. The molecule has 0 radical (unpaired) electrons. The Morgan fingerprint density at radius 2 is 1.90 bits per heavy atom. The molecule has 2 aromatic rings. The van der Waals surface area contributed by atoms with Crippen LogP contribution in [0.5, 0.6) is 5.75 Å². The Morgan fingerprint density at radius 3 is 2.60 bits per heavy atom. The molecule has 0 aliphatic rings. The van der Waals surface area contributed by atoms with E-state index < -0.39 is 0 Å². The molecule has 0 atom stereocenters. The first-order valence-corrected chi connectivity index (χ1v) is 7.31. The van der Waals surface area contributed by atoms with Crippen molar-refractivity contribution in [2.24, 2.45) is 0 Å². The number of hydrogen-bond acceptors (Lipinski definition) is 3. The lowest BCUT2D eigenvalue weighted by molar-refractivity contribution is 0.301. The molecule has 0 amide bonds. The van der Waals surface area contributed by atoms with Crippen molar-refractivity contribution < 1.29 is 9.15 Å². The summed E-state index contributed by atoms with van der Waals surface area (Å²) in [5.74, 6) is 1.86. The predicted molar refractivity (Wildman–Crippen MR) is 80.9 cm³/mol. The van der Waals surface area contributed by atoms with Crippen molar-refractivity contribution >= 4 is 0 Å². The molecule has 0 unspecified atom stereocenters. The lowest BCUT2D eigenvalue weighted by atomic mass is 10.1. The molecule has 0 saturated heterocycles. The van der Waals surface area contributed by atoms with Gasteiger partial charge < -0.3 is 14.5 Å². The third kappa shape index (κ3) is 4.14. The fourth-order valence-electron chi connectivity index (χ4n) is 2.09. The largest absolute Gasteiger partial charge is 0.489 e. The summed E-state index contributed by atoms with van der Waals surface area (Å²) in [4.78, 5) is 0. The molecule has 1 aromatic carbocycles. The summed E-state index contributed by atoms with van der Waals surface area (Å²) in [5, 5.41) is 3.26. The molecule has 0 aliphatic carbocycles. The van der Waals surface area contributed by atoms with Crippen LogP contribution < -0.4 is 10.1 Å². The van der Waals surface area contributed by atoms with Gasteiger partial charge in [-0.25, -0.2) is 0 Å².